The molecule has 0 radical (unpaired) electrons. The van der Waals surface area contributed by atoms with Crippen LogP contribution in [0.15, 0.2) is 47.9 Å². The first-order chi connectivity index (χ1) is 14.5. The zero-order valence-electron chi connectivity index (χ0n) is 15.5. The Morgan fingerprint density at radius 3 is 2.80 bits per heavy atom. The monoisotopic (exact) mass is 430 g/mol. The van der Waals surface area contributed by atoms with Gasteiger partial charge in [-0.2, -0.15) is 0 Å². The van der Waals surface area contributed by atoms with E-state index in [-0.39, 0.29) is 34.5 Å². The van der Waals surface area contributed by atoms with Crippen LogP contribution >= 0.6 is 11.8 Å². The van der Waals surface area contributed by atoms with Crippen LogP contribution in [0.5, 0.6) is 0 Å². The molecule has 156 valence electrons. The number of nitrogens with one attached hydrogen (secondary N) is 2. The number of thioether (sulfide) groups is 1. The third-order valence-corrected chi connectivity index (χ3v) is 4.68. The number of hydrogen-bond acceptors (Lipinski definition) is 9. The second-order valence-corrected chi connectivity index (χ2v) is 6.94. The van der Waals surface area contributed by atoms with Crippen LogP contribution in [0.2, 0.25) is 0 Å². The molecule has 12 heteroatoms. The topological polar surface area (TPSA) is 165 Å². The van der Waals surface area contributed by atoms with Gasteiger partial charge in [0.05, 0.1) is 11.4 Å². The van der Waals surface area contributed by atoms with Gasteiger partial charge in [-0.1, -0.05) is 17.8 Å². The van der Waals surface area contributed by atoms with E-state index >= 15 is 0 Å². The summed E-state index contributed by atoms with van der Waals surface area (Å²) in [6.45, 7) is -0.427. The number of rotatable bonds is 9. The van der Waals surface area contributed by atoms with Gasteiger partial charge in [0.25, 0.3) is 5.91 Å². The Kier molecular flexibility index (Phi) is 6.95. The van der Waals surface area contributed by atoms with Gasteiger partial charge in [0, 0.05) is 30.1 Å². The number of amides is 1. The Morgan fingerprint density at radius 1 is 1.27 bits per heavy atom. The molecule has 0 spiro atoms. The van der Waals surface area contributed by atoms with Crippen LogP contribution in [0.1, 0.15) is 15.9 Å². The Balaban J connectivity index is 1.84. The minimum absolute atomic E-state index is 0.165. The highest BCUT2D eigenvalue weighted by Crippen LogP contribution is 2.26. The predicted octanol–water partition coefficient (Wildman–Crippen LogP) is 1.12. The third kappa shape index (κ3) is 5.53. The first-order valence-corrected chi connectivity index (χ1v) is 9.61. The molecule has 30 heavy (non-hydrogen) atoms. The van der Waals surface area contributed by atoms with E-state index < -0.39 is 18.6 Å². The molecule has 0 saturated carbocycles. The van der Waals surface area contributed by atoms with E-state index in [4.69, 9.17) is 5.11 Å². The highest BCUT2D eigenvalue weighted by Gasteiger charge is 2.15. The highest BCUT2D eigenvalue weighted by molar-refractivity contribution is 7.99. The van der Waals surface area contributed by atoms with Crippen molar-refractivity contribution in [2.24, 2.45) is 0 Å². The minimum Gasteiger partial charge on any atom is -0.481 e. The van der Waals surface area contributed by atoms with Gasteiger partial charge in [-0.15, -0.1) is 5.10 Å². The number of carboxylic acids is 1. The predicted molar refractivity (Wildman–Crippen MR) is 107 cm³/mol. The van der Waals surface area contributed by atoms with Crippen LogP contribution in [-0.4, -0.2) is 59.9 Å². The van der Waals surface area contributed by atoms with Crippen molar-refractivity contribution in [3.05, 3.63) is 53.9 Å². The maximum Gasteiger partial charge on any atom is 0.313 e. The van der Waals surface area contributed by atoms with Crippen molar-refractivity contribution in [3.63, 3.8) is 0 Å². The molecule has 2 aromatic heterocycles. The van der Waals surface area contributed by atoms with Gasteiger partial charge < -0.3 is 15.5 Å². The third-order valence-electron chi connectivity index (χ3n) is 3.85. The molecule has 0 atom stereocenters. The number of aliphatic hydroxyl groups is 1. The lowest BCUT2D eigenvalue weighted by molar-refractivity contribution is -0.133. The summed E-state index contributed by atoms with van der Waals surface area (Å²) in [6, 6.07) is 8.03. The highest BCUT2D eigenvalue weighted by atomic mass is 32.2. The van der Waals surface area contributed by atoms with Crippen LogP contribution in [0, 0.1) is 0 Å². The fraction of sp³-hybridized carbons (Fsp3) is 0.167. The van der Waals surface area contributed by atoms with Crippen molar-refractivity contribution in [3.8, 4) is 11.4 Å². The molecule has 0 aliphatic heterocycles. The summed E-state index contributed by atoms with van der Waals surface area (Å²) in [4.78, 5) is 31.5. The molecule has 0 aliphatic rings. The van der Waals surface area contributed by atoms with E-state index in [1.165, 1.54) is 12.1 Å². The maximum atomic E-state index is 12.6. The van der Waals surface area contributed by atoms with Gasteiger partial charge in [-0.3, -0.25) is 24.9 Å². The van der Waals surface area contributed by atoms with Crippen molar-refractivity contribution >= 4 is 29.3 Å². The number of hydroxylamine groups is 1. The second kappa shape index (κ2) is 9.82. The van der Waals surface area contributed by atoms with Gasteiger partial charge in [0.15, 0.2) is 5.82 Å². The van der Waals surface area contributed by atoms with E-state index in [0.29, 0.717) is 10.6 Å². The average molecular weight is 430 g/mol. The largest absolute Gasteiger partial charge is 0.481 e. The van der Waals surface area contributed by atoms with Crippen molar-refractivity contribution < 1.29 is 25.0 Å². The summed E-state index contributed by atoms with van der Waals surface area (Å²) in [5.74, 6) is -1.33. The standard InChI is InChI=1S/C18H18N6O5S/c25-10-24(29)14-5-12(16-21-18(23-22-16)30-9-15(26)27)4-13(6-14)17(28)20-8-11-2-1-3-19-7-11/h1-7,25,29H,8-10H2,(H,20,28)(H,26,27)(H,21,22,23). The molecule has 2 heterocycles. The molecule has 3 rings (SSSR count). The van der Waals surface area contributed by atoms with E-state index in [0.717, 1.165) is 17.3 Å². The van der Waals surface area contributed by atoms with E-state index in [2.05, 4.69) is 25.5 Å². The molecule has 1 aromatic carbocycles. The number of H-pyrrole nitrogens is 1. The number of carbonyl (C=O) groups is 2. The summed E-state index contributed by atoms with van der Waals surface area (Å²) in [5.41, 5.74) is 1.62. The zero-order chi connectivity index (χ0) is 21.5. The Morgan fingerprint density at radius 2 is 2.10 bits per heavy atom. The number of aromatic amines is 1. The minimum atomic E-state index is -1.00. The molecule has 0 fully saturated rings. The number of anilines is 1. The Bertz CT molecular complexity index is 1030. The molecule has 0 aliphatic carbocycles. The number of carbonyl (C=O) groups excluding carboxylic acids is 1. The van der Waals surface area contributed by atoms with Gasteiger partial charge >= 0.3 is 5.97 Å². The summed E-state index contributed by atoms with van der Waals surface area (Å²) in [5, 5.41) is 38.1. The molecule has 0 bridgehead atoms. The van der Waals surface area contributed by atoms with E-state index in [9.17, 15) is 19.9 Å². The van der Waals surface area contributed by atoms with Crippen LogP contribution < -0.4 is 10.4 Å². The fourth-order valence-electron chi connectivity index (χ4n) is 2.46. The number of carboxylic acid groups (broad SMARTS) is 1. The van der Waals surface area contributed by atoms with Crippen molar-refractivity contribution in [2.75, 3.05) is 17.5 Å². The molecule has 11 nitrogen and oxygen atoms in total. The first kappa shape index (κ1) is 21.2. The van der Waals surface area contributed by atoms with Crippen LogP contribution in [0.3, 0.4) is 0 Å². The fourth-order valence-corrected chi connectivity index (χ4v) is 2.98. The van der Waals surface area contributed by atoms with Crippen LogP contribution in [0.4, 0.5) is 5.69 Å². The number of aliphatic hydroxyl groups excluding tert-OH is 1. The van der Waals surface area contributed by atoms with Crippen molar-refractivity contribution in [2.45, 2.75) is 11.7 Å². The number of nitrogens with zero attached hydrogens (tertiary/aromatic N) is 4. The van der Waals surface area contributed by atoms with Crippen molar-refractivity contribution in [1.82, 2.24) is 25.5 Å². The summed E-state index contributed by atoms with van der Waals surface area (Å²) >= 11 is 0.937. The summed E-state index contributed by atoms with van der Waals surface area (Å²) in [7, 11) is 0. The van der Waals surface area contributed by atoms with Crippen LogP contribution in [0.25, 0.3) is 11.4 Å². The Hall–Kier alpha value is -3.48. The number of hydrogen-bond donors (Lipinski definition) is 5. The molecule has 1 amide bonds. The molecular formula is C18H18N6O5S. The lowest BCUT2D eigenvalue weighted by atomic mass is 10.1. The normalized spacial score (nSPS) is 10.6. The second-order valence-electron chi connectivity index (χ2n) is 6.00. The maximum absolute atomic E-state index is 12.6. The quantitative estimate of drug-likeness (QED) is 0.189. The number of pyridine rings is 1. The summed E-state index contributed by atoms with van der Waals surface area (Å²) in [6.07, 6.45) is 3.26. The number of benzene rings is 1. The van der Waals surface area contributed by atoms with Gasteiger partial charge in [0.2, 0.25) is 5.16 Å². The smallest absolute Gasteiger partial charge is 0.313 e. The average Bonchev–Trinajstić information content (AvgIpc) is 3.25. The molecule has 3 aromatic rings. The number of aromatic nitrogens is 4. The first-order valence-electron chi connectivity index (χ1n) is 8.63. The molecule has 5 N–H and O–H groups in total. The SMILES string of the molecule is O=C(O)CSc1n[nH]c(-c2cc(C(=O)NCc3cccnc3)cc(N(O)CO)c2)n1. The van der Waals surface area contributed by atoms with Gasteiger partial charge in [0.1, 0.15) is 6.73 Å². The van der Waals surface area contributed by atoms with Gasteiger partial charge in [-0.25, -0.2) is 10.0 Å². The summed E-state index contributed by atoms with van der Waals surface area (Å²) < 4.78 is 0. The Labute approximate surface area is 174 Å². The van der Waals surface area contributed by atoms with E-state index in [1.54, 1.807) is 24.5 Å². The van der Waals surface area contributed by atoms with Crippen LogP contribution in [-0.2, 0) is 11.3 Å². The molecule has 0 unspecified atom stereocenters. The molecule has 0 saturated heterocycles. The van der Waals surface area contributed by atoms with Crippen molar-refractivity contribution in [1.29, 1.82) is 0 Å². The van der Waals surface area contributed by atoms with Gasteiger partial charge in [-0.05, 0) is 29.8 Å². The van der Waals surface area contributed by atoms with E-state index in [1.807, 2.05) is 6.07 Å². The lowest BCUT2D eigenvalue weighted by Crippen LogP contribution is -2.24. The zero-order valence-corrected chi connectivity index (χ0v) is 16.3. The number of aliphatic carboxylic acids is 1. The molecular weight excluding hydrogens is 412 g/mol. The lowest BCUT2D eigenvalue weighted by Gasteiger charge is -2.16.